The molecule has 0 saturated carbocycles. The van der Waals surface area contributed by atoms with Crippen molar-refractivity contribution in [2.75, 3.05) is 18.5 Å². The third-order valence-corrected chi connectivity index (χ3v) is 3.29. The van der Waals surface area contributed by atoms with Gasteiger partial charge < -0.3 is 15.2 Å². The lowest BCUT2D eigenvalue weighted by Gasteiger charge is -2.23. The Morgan fingerprint density at radius 2 is 2.44 bits per heavy atom. The quantitative estimate of drug-likeness (QED) is 0.893. The normalized spacial score (nSPS) is 19.5. The monoisotopic (exact) mass is 314 g/mol. The molecule has 0 spiro atoms. The molecule has 1 saturated heterocycles. The zero-order chi connectivity index (χ0) is 13.0. The molecule has 1 fully saturated rings. The molecule has 6 heteroatoms. The molecule has 1 aromatic rings. The highest BCUT2D eigenvalue weighted by Crippen LogP contribution is 2.19. The van der Waals surface area contributed by atoms with Crippen LogP contribution in [0.15, 0.2) is 16.7 Å². The van der Waals surface area contributed by atoms with Gasteiger partial charge in [-0.2, -0.15) is 0 Å². The zero-order valence-electron chi connectivity index (χ0n) is 9.86. The van der Waals surface area contributed by atoms with E-state index in [0.29, 0.717) is 16.8 Å². The van der Waals surface area contributed by atoms with Crippen LogP contribution in [0.25, 0.3) is 0 Å². The molecule has 2 heterocycles. The lowest BCUT2D eigenvalue weighted by atomic mass is 10.1. The van der Waals surface area contributed by atoms with E-state index in [4.69, 9.17) is 9.84 Å². The molecule has 1 unspecified atom stereocenters. The van der Waals surface area contributed by atoms with Crippen LogP contribution in [-0.2, 0) is 4.74 Å². The lowest BCUT2D eigenvalue weighted by molar-refractivity contribution is 0.0247. The largest absolute Gasteiger partial charge is 0.478 e. The van der Waals surface area contributed by atoms with Crippen LogP contribution in [0.2, 0.25) is 0 Å². The highest BCUT2D eigenvalue weighted by atomic mass is 79.9. The molecule has 5 nitrogen and oxygen atoms in total. The highest BCUT2D eigenvalue weighted by Gasteiger charge is 2.16. The molecular weight excluding hydrogens is 300 g/mol. The van der Waals surface area contributed by atoms with Crippen molar-refractivity contribution in [3.05, 3.63) is 22.3 Å². The van der Waals surface area contributed by atoms with Gasteiger partial charge in [0.15, 0.2) is 0 Å². The van der Waals surface area contributed by atoms with Crippen molar-refractivity contribution in [2.45, 2.75) is 25.4 Å². The van der Waals surface area contributed by atoms with Crippen molar-refractivity contribution in [1.82, 2.24) is 4.98 Å². The SMILES string of the molecule is O=C(O)c1cc(Br)cnc1NCC1CCCCO1. The number of pyridine rings is 1. The second kappa shape index (κ2) is 6.15. The number of ether oxygens (including phenoxy) is 1. The Labute approximate surface area is 114 Å². The van der Waals surface area contributed by atoms with E-state index in [-0.39, 0.29) is 11.7 Å². The van der Waals surface area contributed by atoms with E-state index in [1.54, 1.807) is 12.3 Å². The Balaban J connectivity index is 2.01. The number of hydrogen-bond donors (Lipinski definition) is 2. The summed E-state index contributed by atoms with van der Waals surface area (Å²) in [6.45, 7) is 1.38. The zero-order valence-corrected chi connectivity index (χ0v) is 11.4. The van der Waals surface area contributed by atoms with Gasteiger partial charge in [-0.15, -0.1) is 0 Å². The Morgan fingerprint density at radius 1 is 1.61 bits per heavy atom. The molecule has 0 aromatic carbocycles. The van der Waals surface area contributed by atoms with Crippen molar-refractivity contribution < 1.29 is 14.6 Å². The Hall–Kier alpha value is -1.14. The van der Waals surface area contributed by atoms with Gasteiger partial charge in [0.1, 0.15) is 11.4 Å². The summed E-state index contributed by atoms with van der Waals surface area (Å²) in [5.74, 6) is -0.601. The van der Waals surface area contributed by atoms with Gasteiger partial charge in [-0.1, -0.05) is 0 Å². The Morgan fingerprint density at radius 3 is 3.11 bits per heavy atom. The van der Waals surface area contributed by atoms with Crippen LogP contribution in [0.3, 0.4) is 0 Å². The summed E-state index contributed by atoms with van der Waals surface area (Å²) in [4.78, 5) is 15.2. The summed E-state index contributed by atoms with van der Waals surface area (Å²) < 4.78 is 6.23. The molecule has 1 aromatic heterocycles. The first-order valence-corrected chi connectivity index (χ1v) is 6.70. The van der Waals surface area contributed by atoms with E-state index in [2.05, 4.69) is 26.2 Å². The van der Waals surface area contributed by atoms with Crippen LogP contribution in [0.5, 0.6) is 0 Å². The maximum atomic E-state index is 11.1. The van der Waals surface area contributed by atoms with Gasteiger partial charge in [0.2, 0.25) is 0 Å². The van der Waals surface area contributed by atoms with Crippen molar-refractivity contribution in [3.63, 3.8) is 0 Å². The smallest absolute Gasteiger partial charge is 0.339 e. The number of carboxylic acids is 1. The summed E-state index contributed by atoms with van der Waals surface area (Å²) in [6, 6.07) is 1.54. The van der Waals surface area contributed by atoms with Crippen LogP contribution < -0.4 is 5.32 Å². The number of nitrogens with zero attached hydrogens (tertiary/aromatic N) is 1. The highest BCUT2D eigenvalue weighted by molar-refractivity contribution is 9.10. The lowest BCUT2D eigenvalue weighted by Crippen LogP contribution is -2.27. The fourth-order valence-electron chi connectivity index (χ4n) is 1.92. The molecule has 98 valence electrons. The van der Waals surface area contributed by atoms with E-state index in [9.17, 15) is 4.79 Å². The first-order valence-electron chi connectivity index (χ1n) is 5.91. The number of hydrogen-bond acceptors (Lipinski definition) is 4. The number of carboxylic acid groups (broad SMARTS) is 1. The van der Waals surface area contributed by atoms with Gasteiger partial charge in [0.25, 0.3) is 0 Å². The minimum Gasteiger partial charge on any atom is -0.478 e. The average molecular weight is 315 g/mol. The molecular formula is C12H15BrN2O3. The Kier molecular flexibility index (Phi) is 4.54. The molecule has 2 N–H and O–H groups in total. The van der Waals surface area contributed by atoms with Crippen molar-refractivity contribution in [2.24, 2.45) is 0 Å². The summed E-state index contributed by atoms with van der Waals surface area (Å²) in [6.07, 6.45) is 4.99. The summed E-state index contributed by atoms with van der Waals surface area (Å²) >= 11 is 3.21. The molecule has 1 aliphatic rings. The molecule has 1 atom stereocenters. The first kappa shape index (κ1) is 13.3. The van der Waals surface area contributed by atoms with E-state index in [0.717, 1.165) is 25.9 Å². The minimum absolute atomic E-state index is 0.144. The second-order valence-corrected chi connectivity index (χ2v) is 5.14. The number of aromatic nitrogens is 1. The van der Waals surface area contributed by atoms with Gasteiger partial charge in [-0.25, -0.2) is 9.78 Å². The third-order valence-electron chi connectivity index (χ3n) is 2.86. The summed E-state index contributed by atoms with van der Waals surface area (Å²) in [7, 11) is 0. The van der Waals surface area contributed by atoms with E-state index >= 15 is 0 Å². The number of rotatable bonds is 4. The molecule has 18 heavy (non-hydrogen) atoms. The van der Waals surface area contributed by atoms with E-state index in [1.165, 1.54) is 0 Å². The van der Waals surface area contributed by atoms with Gasteiger partial charge in [-0.3, -0.25) is 0 Å². The van der Waals surface area contributed by atoms with Crippen LogP contribution >= 0.6 is 15.9 Å². The van der Waals surface area contributed by atoms with Crippen LogP contribution in [0, 0.1) is 0 Å². The van der Waals surface area contributed by atoms with E-state index in [1.807, 2.05) is 0 Å². The number of nitrogens with one attached hydrogen (secondary N) is 1. The van der Waals surface area contributed by atoms with Crippen LogP contribution in [0.4, 0.5) is 5.82 Å². The minimum atomic E-state index is -0.990. The maximum absolute atomic E-state index is 11.1. The number of anilines is 1. The van der Waals surface area contributed by atoms with Gasteiger partial charge in [-0.05, 0) is 41.3 Å². The molecule has 0 radical (unpaired) electrons. The second-order valence-electron chi connectivity index (χ2n) is 4.22. The number of halogens is 1. The summed E-state index contributed by atoms with van der Waals surface area (Å²) in [5, 5.41) is 12.1. The van der Waals surface area contributed by atoms with Crippen molar-refractivity contribution in [1.29, 1.82) is 0 Å². The number of aromatic carboxylic acids is 1. The average Bonchev–Trinajstić information content (AvgIpc) is 2.38. The van der Waals surface area contributed by atoms with Crippen molar-refractivity contribution >= 4 is 27.7 Å². The van der Waals surface area contributed by atoms with Gasteiger partial charge in [0, 0.05) is 23.8 Å². The predicted molar refractivity (Wildman–Crippen MR) is 71.0 cm³/mol. The third kappa shape index (κ3) is 3.43. The molecule has 0 amide bonds. The van der Waals surface area contributed by atoms with Gasteiger partial charge in [0.05, 0.1) is 6.10 Å². The predicted octanol–water partition coefficient (Wildman–Crippen LogP) is 2.52. The molecule has 0 bridgehead atoms. The summed E-state index contributed by atoms with van der Waals surface area (Å²) in [5.41, 5.74) is 0.167. The molecule has 1 aliphatic heterocycles. The number of carbonyl (C=O) groups is 1. The Bertz CT molecular complexity index is 433. The first-order chi connectivity index (χ1) is 8.66. The van der Waals surface area contributed by atoms with E-state index < -0.39 is 5.97 Å². The molecule has 0 aliphatic carbocycles. The standard InChI is InChI=1S/C12H15BrN2O3/c13-8-5-10(12(16)17)11(14-6-8)15-7-9-3-1-2-4-18-9/h5-6,9H,1-4,7H2,(H,14,15)(H,16,17). The fourth-order valence-corrected chi connectivity index (χ4v) is 2.25. The van der Waals surface area contributed by atoms with Crippen LogP contribution in [0.1, 0.15) is 29.6 Å². The maximum Gasteiger partial charge on any atom is 0.339 e. The van der Waals surface area contributed by atoms with Gasteiger partial charge >= 0.3 is 5.97 Å². The van der Waals surface area contributed by atoms with Crippen molar-refractivity contribution in [3.8, 4) is 0 Å². The topological polar surface area (TPSA) is 71.5 Å². The van der Waals surface area contributed by atoms with Crippen LogP contribution in [-0.4, -0.2) is 35.3 Å². The molecule has 2 rings (SSSR count). The fraction of sp³-hybridized carbons (Fsp3) is 0.500.